The van der Waals surface area contributed by atoms with Crippen LogP contribution in [0.1, 0.15) is 5.69 Å². The summed E-state index contributed by atoms with van der Waals surface area (Å²) >= 11 is 0. The highest BCUT2D eigenvalue weighted by molar-refractivity contribution is 5.91. The van der Waals surface area contributed by atoms with Crippen LogP contribution < -0.4 is 15.0 Å². The smallest absolute Gasteiger partial charge is 0.239 e. The first-order chi connectivity index (χ1) is 12.0. The number of rotatable bonds is 5. The molecule has 1 aliphatic heterocycles. The van der Waals surface area contributed by atoms with E-state index in [-0.39, 0.29) is 5.91 Å². The average Bonchev–Trinajstić information content (AvgIpc) is 2.92. The highest BCUT2D eigenvalue weighted by atomic mass is 16.5. The number of hydrogen-bond acceptors (Lipinski definition) is 5. The number of aromatic nitrogens is 2. The van der Waals surface area contributed by atoms with Crippen molar-refractivity contribution in [2.24, 2.45) is 7.05 Å². The Kier molecular flexibility index (Phi) is 5.23. The summed E-state index contributed by atoms with van der Waals surface area (Å²) in [5, 5.41) is 7.17. The number of aryl methyl sites for hydroxylation is 2. The molecule has 7 heteroatoms. The van der Waals surface area contributed by atoms with Crippen LogP contribution in [0.5, 0.6) is 5.75 Å². The standard InChI is InChI=1S/C18H25N5O2/c1-14-11-17(21(2)20-14)19-18(24)13-22-7-9-23(10-8-22)15-5-4-6-16(12-15)25-3/h4-6,11-12H,7-10,13H2,1-3H3,(H,19,24). The van der Waals surface area contributed by atoms with Crippen molar-refractivity contribution in [3.63, 3.8) is 0 Å². The minimum absolute atomic E-state index is 0.00201. The Balaban J connectivity index is 1.50. The molecule has 7 nitrogen and oxygen atoms in total. The summed E-state index contributed by atoms with van der Waals surface area (Å²) in [4.78, 5) is 16.7. The van der Waals surface area contributed by atoms with Gasteiger partial charge in [0.2, 0.25) is 5.91 Å². The lowest BCUT2D eigenvalue weighted by atomic mass is 10.2. The van der Waals surface area contributed by atoms with Crippen LogP contribution in [0, 0.1) is 6.92 Å². The van der Waals surface area contributed by atoms with Crippen molar-refractivity contribution < 1.29 is 9.53 Å². The van der Waals surface area contributed by atoms with Gasteiger partial charge in [-0.2, -0.15) is 5.10 Å². The molecule has 1 saturated heterocycles. The van der Waals surface area contributed by atoms with Crippen LogP contribution in [-0.4, -0.2) is 60.4 Å². The van der Waals surface area contributed by atoms with Gasteiger partial charge in [-0.1, -0.05) is 6.07 Å². The maximum atomic E-state index is 12.3. The first-order valence-corrected chi connectivity index (χ1v) is 8.47. The maximum Gasteiger partial charge on any atom is 0.239 e. The normalized spacial score (nSPS) is 15.2. The van der Waals surface area contributed by atoms with Gasteiger partial charge in [-0.15, -0.1) is 0 Å². The Bertz CT molecular complexity index is 735. The van der Waals surface area contributed by atoms with E-state index in [4.69, 9.17) is 4.74 Å². The van der Waals surface area contributed by atoms with E-state index >= 15 is 0 Å². The van der Waals surface area contributed by atoms with E-state index in [2.05, 4.69) is 26.3 Å². The number of carbonyl (C=O) groups excluding carboxylic acids is 1. The predicted molar refractivity (Wildman–Crippen MR) is 98.2 cm³/mol. The Morgan fingerprint density at radius 2 is 2.00 bits per heavy atom. The fourth-order valence-corrected chi connectivity index (χ4v) is 3.08. The van der Waals surface area contributed by atoms with Crippen LogP contribution in [0.2, 0.25) is 0 Å². The summed E-state index contributed by atoms with van der Waals surface area (Å²) in [7, 11) is 3.51. The van der Waals surface area contributed by atoms with Gasteiger partial charge in [-0.25, -0.2) is 0 Å². The van der Waals surface area contributed by atoms with Crippen molar-refractivity contribution in [3.05, 3.63) is 36.0 Å². The zero-order chi connectivity index (χ0) is 17.8. The highest BCUT2D eigenvalue weighted by Crippen LogP contribution is 2.22. The summed E-state index contributed by atoms with van der Waals surface area (Å²) in [6, 6.07) is 9.97. The van der Waals surface area contributed by atoms with Crippen molar-refractivity contribution in [1.82, 2.24) is 14.7 Å². The average molecular weight is 343 g/mol. The van der Waals surface area contributed by atoms with Crippen molar-refractivity contribution >= 4 is 17.4 Å². The molecule has 1 amide bonds. The number of ether oxygens (including phenoxy) is 1. The molecular formula is C18H25N5O2. The first-order valence-electron chi connectivity index (χ1n) is 8.47. The van der Waals surface area contributed by atoms with Crippen LogP contribution in [0.25, 0.3) is 0 Å². The van der Waals surface area contributed by atoms with E-state index in [1.165, 1.54) is 0 Å². The van der Waals surface area contributed by atoms with Crippen molar-refractivity contribution in [2.45, 2.75) is 6.92 Å². The molecule has 1 aromatic carbocycles. The van der Waals surface area contributed by atoms with E-state index in [0.717, 1.165) is 49.1 Å². The highest BCUT2D eigenvalue weighted by Gasteiger charge is 2.20. The van der Waals surface area contributed by atoms with Crippen molar-refractivity contribution in [3.8, 4) is 5.75 Å². The number of methoxy groups -OCH3 is 1. The molecule has 1 fully saturated rings. The van der Waals surface area contributed by atoms with Gasteiger partial charge in [0.1, 0.15) is 11.6 Å². The fourth-order valence-electron chi connectivity index (χ4n) is 3.08. The molecule has 3 rings (SSSR count). The Hall–Kier alpha value is -2.54. The Morgan fingerprint density at radius 3 is 2.64 bits per heavy atom. The van der Waals surface area contributed by atoms with Gasteiger partial charge in [-0.3, -0.25) is 14.4 Å². The third kappa shape index (κ3) is 4.30. The fraction of sp³-hybridized carbons (Fsp3) is 0.444. The van der Waals surface area contributed by atoms with Gasteiger partial charge in [0.05, 0.1) is 19.3 Å². The lowest BCUT2D eigenvalue weighted by Crippen LogP contribution is -2.48. The number of nitrogens with one attached hydrogen (secondary N) is 1. The summed E-state index contributed by atoms with van der Waals surface area (Å²) in [6.07, 6.45) is 0. The predicted octanol–water partition coefficient (Wildman–Crippen LogP) is 1.50. The number of amides is 1. The number of piperazine rings is 1. The van der Waals surface area contributed by atoms with Crippen LogP contribution in [0.3, 0.4) is 0 Å². The lowest BCUT2D eigenvalue weighted by Gasteiger charge is -2.35. The number of hydrogen-bond donors (Lipinski definition) is 1. The number of benzene rings is 1. The quantitative estimate of drug-likeness (QED) is 0.891. The van der Waals surface area contributed by atoms with Crippen molar-refractivity contribution in [1.29, 1.82) is 0 Å². The molecule has 0 bridgehead atoms. The topological polar surface area (TPSA) is 62.6 Å². The van der Waals surface area contributed by atoms with Crippen LogP contribution in [-0.2, 0) is 11.8 Å². The number of carbonyl (C=O) groups is 1. The Labute approximate surface area is 148 Å². The van der Waals surface area contributed by atoms with E-state index in [0.29, 0.717) is 6.54 Å². The van der Waals surface area contributed by atoms with Gasteiger partial charge >= 0.3 is 0 Å². The van der Waals surface area contributed by atoms with Gasteiger partial charge in [0.15, 0.2) is 0 Å². The SMILES string of the molecule is COc1cccc(N2CCN(CC(=O)Nc3cc(C)nn3C)CC2)c1. The third-order valence-corrected chi connectivity index (χ3v) is 4.43. The van der Waals surface area contributed by atoms with Crippen LogP contribution >= 0.6 is 0 Å². The molecule has 1 aromatic heterocycles. The molecule has 25 heavy (non-hydrogen) atoms. The summed E-state index contributed by atoms with van der Waals surface area (Å²) < 4.78 is 6.98. The van der Waals surface area contributed by atoms with E-state index in [1.807, 2.05) is 38.2 Å². The van der Waals surface area contributed by atoms with Gasteiger partial charge in [0.25, 0.3) is 0 Å². The Morgan fingerprint density at radius 1 is 1.24 bits per heavy atom. The van der Waals surface area contributed by atoms with E-state index < -0.39 is 0 Å². The zero-order valence-electron chi connectivity index (χ0n) is 15.0. The minimum Gasteiger partial charge on any atom is -0.497 e. The van der Waals surface area contributed by atoms with Gasteiger partial charge < -0.3 is 15.0 Å². The van der Waals surface area contributed by atoms with E-state index in [9.17, 15) is 4.79 Å². The second-order valence-electron chi connectivity index (χ2n) is 6.31. The van der Waals surface area contributed by atoms with Crippen LogP contribution in [0.4, 0.5) is 11.5 Å². The summed E-state index contributed by atoms with van der Waals surface area (Å²) in [5.41, 5.74) is 2.05. The second-order valence-corrected chi connectivity index (χ2v) is 6.31. The molecule has 0 aliphatic carbocycles. The molecule has 1 N–H and O–H groups in total. The summed E-state index contributed by atoms with van der Waals surface area (Å²) in [5.74, 6) is 1.60. The zero-order valence-corrected chi connectivity index (χ0v) is 15.0. The maximum absolute atomic E-state index is 12.3. The molecule has 0 unspecified atom stereocenters. The second kappa shape index (κ2) is 7.57. The molecule has 1 aliphatic rings. The molecule has 0 spiro atoms. The molecular weight excluding hydrogens is 318 g/mol. The monoisotopic (exact) mass is 343 g/mol. The van der Waals surface area contributed by atoms with E-state index in [1.54, 1.807) is 11.8 Å². The number of anilines is 2. The number of nitrogens with zero attached hydrogens (tertiary/aromatic N) is 4. The largest absolute Gasteiger partial charge is 0.497 e. The minimum atomic E-state index is -0.00201. The molecule has 2 heterocycles. The van der Waals surface area contributed by atoms with Gasteiger partial charge in [0, 0.05) is 51.0 Å². The lowest BCUT2D eigenvalue weighted by molar-refractivity contribution is -0.117. The molecule has 2 aromatic rings. The first kappa shape index (κ1) is 17.3. The summed E-state index contributed by atoms with van der Waals surface area (Å²) in [6.45, 7) is 5.81. The van der Waals surface area contributed by atoms with Crippen LogP contribution in [0.15, 0.2) is 30.3 Å². The molecule has 0 radical (unpaired) electrons. The molecule has 134 valence electrons. The molecule has 0 saturated carbocycles. The third-order valence-electron chi connectivity index (χ3n) is 4.43. The van der Waals surface area contributed by atoms with Gasteiger partial charge in [-0.05, 0) is 19.1 Å². The molecule has 0 atom stereocenters. The van der Waals surface area contributed by atoms with Crippen molar-refractivity contribution in [2.75, 3.05) is 50.1 Å².